The molecule has 5 heteroatoms. The number of carbonyl (C=O) groups excluding carboxylic acids is 1. The van der Waals surface area contributed by atoms with E-state index in [9.17, 15) is 4.79 Å². The number of halogens is 2. The monoisotopic (exact) mass is 293 g/mol. The molecule has 1 amide bonds. The third-order valence-electron chi connectivity index (χ3n) is 1.48. The minimum atomic E-state index is -0.00766. The molecule has 76 valence electrons. The Kier molecular flexibility index (Phi) is 4.78. The Balaban J connectivity index is 2.68. The van der Waals surface area contributed by atoms with Crippen molar-refractivity contribution in [3.8, 4) is 0 Å². The van der Waals surface area contributed by atoms with Crippen LogP contribution in [-0.4, -0.2) is 17.9 Å². The molecule has 0 aliphatic heterocycles. The third-order valence-corrected chi connectivity index (χ3v) is 3.24. The molecule has 0 spiro atoms. The summed E-state index contributed by atoms with van der Waals surface area (Å²) < 4.78 is 0.779. The van der Waals surface area contributed by atoms with Crippen LogP contribution in [0.15, 0.2) is 22.7 Å². The van der Waals surface area contributed by atoms with E-state index in [0.717, 1.165) is 10.2 Å². The van der Waals surface area contributed by atoms with Crippen LogP contribution >= 0.6 is 39.3 Å². The Hall–Kier alpha value is -0.190. The summed E-state index contributed by atoms with van der Waals surface area (Å²) in [7, 11) is 0. The molecule has 0 aromatic heterocycles. The van der Waals surface area contributed by atoms with Crippen molar-refractivity contribution in [3.05, 3.63) is 27.7 Å². The molecule has 0 saturated carbocycles. The molecule has 0 aliphatic rings. The quantitative estimate of drug-likeness (QED) is 0.925. The number of hydrogen-bond donors (Lipinski definition) is 1. The van der Waals surface area contributed by atoms with Crippen molar-refractivity contribution in [2.24, 2.45) is 0 Å². The molecule has 0 bridgehead atoms. The molecule has 1 aromatic rings. The lowest BCUT2D eigenvalue weighted by atomic mass is 10.3. The number of thioether (sulfide) groups is 1. The molecule has 0 fully saturated rings. The highest BCUT2D eigenvalue weighted by atomic mass is 79.9. The van der Waals surface area contributed by atoms with Crippen LogP contribution < -0.4 is 5.32 Å². The van der Waals surface area contributed by atoms with E-state index >= 15 is 0 Å². The summed E-state index contributed by atoms with van der Waals surface area (Å²) in [5.74, 6) is 0.451. The number of carbonyl (C=O) groups is 1. The predicted octanol–water partition coefficient (Wildman–Crippen LogP) is 3.40. The van der Waals surface area contributed by atoms with Gasteiger partial charge in [-0.15, -0.1) is 0 Å². The summed E-state index contributed by atoms with van der Waals surface area (Å²) in [6.45, 7) is 0. The fourth-order valence-corrected chi connectivity index (χ4v) is 1.73. The van der Waals surface area contributed by atoms with Crippen LogP contribution in [0, 0.1) is 0 Å². The van der Waals surface area contributed by atoms with Gasteiger partial charge in [0, 0.05) is 10.2 Å². The van der Waals surface area contributed by atoms with Gasteiger partial charge in [0.15, 0.2) is 0 Å². The zero-order chi connectivity index (χ0) is 10.6. The smallest absolute Gasteiger partial charge is 0.234 e. The zero-order valence-corrected chi connectivity index (χ0v) is 10.7. The van der Waals surface area contributed by atoms with Gasteiger partial charge in [-0.25, -0.2) is 0 Å². The van der Waals surface area contributed by atoms with Crippen LogP contribution in [0.4, 0.5) is 5.69 Å². The van der Waals surface area contributed by atoms with Gasteiger partial charge in [0.2, 0.25) is 5.91 Å². The average molecular weight is 295 g/mol. The number of anilines is 1. The van der Waals surface area contributed by atoms with Crippen molar-refractivity contribution in [2.75, 3.05) is 17.3 Å². The van der Waals surface area contributed by atoms with E-state index < -0.39 is 0 Å². The van der Waals surface area contributed by atoms with Crippen LogP contribution in [0.3, 0.4) is 0 Å². The summed E-state index contributed by atoms with van der Waals surface area (Å²) in [5, 5.41) is 3.39. The Morgan fingerprint density at radius 1 is 1.64 bits per heavy atom. The second kappa shape index (κ2) is 5.63. The van der Waals surface area contributed by atoms with Gasteiger partial charge in [-0.05, 0) is 40.4 Å². The first-order chi connectivity index (χ1) is 6.63. The molecule has 0 aliphatic carbocycles. The minimum Gasteiger partial charge on any atom is -0.325 e. The molecule has 1 rings (SSSR count). The van der Waals surface area contributed by atoms with E-state index in [-0.39, 0.29) is 5.91 Å². The molecule has 1 aromatic carbocycles. The molecular weight excluding hydrogens is 286 g/mol. The van der Waals surface area contributed by atoms with Crippen molar-refractivity contribution in [1.29, 1.82) is 0 Å². The normalized spacial score (nSPS) is 9.93. The summed E-state index contributed by atoms with van der Waals surface area (Å²) >= 11 is 10.6. The van der Waals surface area contributed by atoms with Gasteiger partial charge in [0.1, 0.15) is 0 Å². The summed E-state index contributed by atoms with van der Waals surface area (Å²) in [5.41, 5.74) is 0.750. The SMILES string of the molecule is CSCC(=O)Nc1ccc(Cl)c(Br)c1. The first kappa shape index (κ1) is 11.9. The standard InChI is InChI=1S/C9H9BrClNOS/c1-14-5-9(13)12-6-2-3-8(11)7(10)4-6/h2-4H,5H2,1H3,(H,12,13). The second-order valence-corrected chi connectivity index (χ2v) is 4.74. The largest absolute Gasteiger partial charge is 0.325 e. The Labute approximate surface area is 101 Å². The lowest BCUT2D eigenvalue weighted by Crippen LogP contribution is -2.13. The first-order valence-electron chi connectivity index (χ1n) is 3.87. The number of rotatable bonds is 3. The molecule has 0 unspecified atom stereocenters. The van der Waals surface area contributed by atoms with E-state index in [1.54, 1.807) is 18.2 Å². The van der Waals surface area contributed by atoms with Gasteiger partial charge < -0.3 is 5.32 Å². The zero-order valence-electron chi connectivity index (χ0n) is 7.51. The summed E-state index contributed by atoms with van der Waals surface area (Å²) in [6, 6.07) is 5.28. The molecule has 0 heterocycles. The van der Waals surface area contributed by atoms with Gasteiger partial charge in [0.25, 0.3) is 0 Å². The molecule has 0 saturated heterocycles. The van der Waals surface area contributed by atoms with E-state index in [1.165, 1.54) is 11.8 Å². The highest BCUT2D eigenvalue weighted by Gasteiger charge is 2.02. The maximum Gasteiger partial charge on any atom is 0.234 e. The van der Waals surface area contributed by atoms with E-state index in [2.05, 4.69) is 21.2 Å². The van der Waals surface area contributed by atoms with Crippen molar-refractivity contribution in [2.45, 2.75) is 0 Å². The van der Waals surface area contributed by atoms with E-state index in [0.29, 0.717) is 10.8 Å². The Morgan fingerprint density at radius 2 is 2.36 bits per heavy atom. The van der Waals surface area contributed by atoms with Gasteiger partial charge in [-0.3, -0.25) is 4.79 Å². The van der Waals surface area contributed by atoms with Crippen LogP contribution in [0.1, 0.15) is 0 Å². The predicted molar refractivity (Wildman–Crippen MR) is 66.2 cm³/mol. The second-order valence-electron chi connectivity index (χ2n) is 2.61. The number of benzene rings is 1. The van der Waals surface area contributed by atoms with Crippen molar-refractivity contribution in [3.63, 3.8) is 0 Å². The fourth-order valence-electron chi connectivity index (χ4n) is 0.902. The van der Waals surface area contributed by atoms with Gasteiger partial charge in [0.05, 0.1) is 10.8 Å². The maximum atomic E-state index is 11.2. The van der Waals surface area contributed by atoms with Crippen LogP contribution in [0.25, 0.3) is 0 Å². The summed E-state index contributed by atoms with van der Waals surface area (Å²) in [6.07, 6.45) is 1.89. The van der Waals surface area contributed by atoms with Crippen LogP contribution in [0.2, 0.25) is 5.02 Å². The average Bonchev–Trinajstić information content (AvgIpc) is 2.12. The molecule has 1 N–H and O–H groups in total. The van der Waals surface area contributed by atoms with Crippen molar-refractivity contribution < 1.29 is 4.79 Å². The van der Waals surface area contributed by atoms with Crippen molar-refractivity contribution >= 4 is 50.9 Å². The summed E-state index contributed by atoms with van der Waals surface area (Å²) in [4.78, 5) is 11.2. The van der Waals surface area contributed by atoms with Crippen LogP contribution in [-0.2, 0) is 4.79 Å². The lowest BCUT2D eigenvalue weighted by Gasteiger charge is -2.04. The highest BCUT2D eigenvalue weighted by molar-refractivity contribution is 9.10. The Morgan fingerprint density at radius 3 is 2.93 bits per heavy atom. The fraction of sp³-hybridized carbons (Fsp3) is 0.222. The number of amides is 1. The minimum absolute atomic E-state index is 0.00766. The molecule has 0 atom stereocenters. The van der Waals surface area contributed by atoms with Gasteiger partial charge >= 0.3 is 0 Å². The molecular formula is C9H9BrClNOS. The maximum absolute atomic E-state index is 11.2. The van der Waals surface area contributed by atoms with E-state index in [1.807, 2.05) is 6.26 Å². The van der Waals surface area contributed by atoms with E-state index in [4.69, 9.17) is 11.6 Å². The third kappa shape index (κ3) is 3.52. The van der Waals surface area contributed by atoms with Gasteiger partial charge in [-0.1, -0.05) is 11.6 Å². The molecule has 14 heavy (non-hydrogen) atoms. The number of nitrogens with one attached hydrogen (secondary N) is 1. The first-order valence-corrected chi connectivity index (χ1v) is 6.44. The number of hydrogen-bond acceptors (Lipinski definition) is 2. The Bertz CT molecular complexity index is 346. The lowest BCUT2D eigenvalue weighted by molar-refractivity contribution is -0.113. The highest BCUT2D eigenvalue weighted by Crippen LogP contribution is 2.25. The molecule has 2 nitrogen and oxygen atoms in total. The van der Waals surface area contributed by atoms with Crippen molar-refractivity contribution in [1.82, 2.24) is 0 Å². The van der Waals surface area contributed by atoms with Gasteiger partial charge in [-0.2, -0.15) is 11.8 Å². The van der Waals surface area contributed by atoms with Crippen LogP contribution in [0.5, 0.6) is 0 Å². The topological polar surface area (TPSA) is 29.1 Å². The molecule has 0 radical (unpaired) electrons.